The van der Waals surface area contributed by atoms with Gasteiger partial charge in [0.25, 0.3) is 0 Å². The summed E-state index contributed by atoms with van der Waals surface area (Å²) in [6.07, 6.45) is 7.14. The first-order valence-corrected chi connectivity index (χ1v) is 6.08. The van der Waals surface area contributed by atoms with Gasteiger partial charge in [-0.3, -0.25) is 4.98 Å². The summed E-state index contributed by atoms with van der Waals surface area (Å²) < 4.78 is 1.43. The first-order chi connectivity index (χ1) is 9.29. The SMILES string of the molecule is N#Cc1c(NCC2CC2)nn(-c2cnccn2)c1N. The van der Waals surface area contributed by atoms with E-state index in [-0.39, 0.29) is 5.82 Å². The maximum absolute atomic E-state index is 9.18. The van der Waals surface area contributed by atoms with Crippen LogP contribution in [0.2, 0.25) is 0 Å². The number of anilines is 2. The van der Waals surface area contributed by atoms with Gasteiger partial charge in [-0.15, -0.1) is 5.10 Å². The highest BCUT2D eigenvalue weighted by Crippen LogP contribution is 2.30. The number of aromatic nitrogens is 4. The minimum absolute atomic E-state index is 0.279. The monoisotopic (exact) mass is 255 g/mol. The lowest BCUT2D eigenvalue weighted by atomic mass is 10.3. The molecule has 0 saturated heterocycles. The highest BCUT2D eigenvalue weighted by atomic mass is 15.4. The average molecular weight is 255 g/mol. The molecule has 1 aliphatic rings. The van der Waals surface area contributed by atoms with Crippen LogP contribution in [0.3, 0.4) is 0 Å². The van der Waals surface area contributed by atoms with E-state index in [1.165, 1.54) is 17.5 Å². The minimum Gasteiger partial charge on any atom is -0.382 e. The molecule has 7 nitrogen and oxygen atoms in total. The van der Waals surface area contributed by atoms with Crippen LogP contribution in [-0.4, -0.2) is 26.3 Å². The zero-order valence-corrected chi connectivity index (χ0v) is 10.2. The number of nitrogens with zero attached hydrogens (tertiary/aromatic N) is 5. The molecule has 2 aromatic rings. The second-order valence-corrected chi connectivity index (χ2v) is 4.52. The van der Waals surface area contributed by atoms with Crippen LogP contribution in [-0.2, 0) is 0 Å². The van der Waals surface area contributed by atoms with Crippen molar-refractivity contribution in [2.24, 2.45) is 5.92 Å². The number of nitriles is 1. The lowest BCUT2D eigenvalue weighted by molar-refractivity contribution is 0.832. The van der Waals surface area contributed by atoms with E-state index in [1.807, 2.05) is 0 Å². The summed E-state index contributed by atoms with van der Waals surface area (Å²) in [5.74, 6) is 1.98. The number of hydrogen-bond donors (Lipinski definition) is 2. The fourth-order valence-electron chi connectivity index (χ4n) is 1.80. The first-order valence-electron chi connectivity index (χ1n) is 6.08. The van der Waals surface area contributed by atoms with Gasteiger partial charge in [-0.25, -0.2) is 4.98 Å². The number of hydrogen-bond acceptors (Lipinski definition) is 6. The standard InChI is InChI=1S/C12H13N7/c13-5-9-11(14)19(10-7-15-3-4-16-10)18-12(9)17-6-8-1-2-8/h3-4,7-8H,1-2,6,14H2,(H,17,18). The van der Waals surface area contributed by atoms with E-state index in [0.29, 0.717) is 23.1 Å². The van der Waals surface area contributed by atoms with Gasteiger partial charge in [0.15, 0.2) is 11.6 Å². The van der Waals surface area contributed by atoms with Gasteiger partial charge in [-0.1, -0.05) is 0 Å². The molecular formula is C12H13N7. The fraction of sp³-hybridized carbons (Fsp3) is 0.333. The molecule has 1 fully saturated rings. The Morgan fingerprint density at radius 1 is 1.47 bits per heavy atom. The van der Waals surface area contributed by atoms with Gasteiger partial charge in [0.2, 0.25) is 0 Å². The van der Waals surface area contributed by atoms with Crippen LogP contribution >= 0.6 is 0 Å². The molecule has 1 aliphatic carbocycles. The summed E-state index contributed by atoms with van der Waals surface area (Å²) in [7, 11) is 0. The van der Waals surface area contributed by atoms with Gasteiger partial charge in [0, 0.05) is 18.9 Å². The van der Waals surface area contributed by atoms with Crippen LogP contribution in [0.25, 0.3) is 5.82 Å². The molecule has 0 unspecified atom stereocenters. The summed E-state index contributed by atoms with van der Waals surface area (Å²) >= 11 is 0. The molecule has 7 heteroatoms. The molecule has 0 amide bonds. The molecule has 0 aromatic carbocycles. The molecule has 3 N–H and O–H groups in total. The van der Waals surface area contributed by atoms with E-state index in [4.69, 9.17) is 5.73 Å². The Bertz CT molecular complexity index is 622. The van der Waals surface area contributed by atoms with Gasteiger partial charge >= 0.3 is 0 Å². The second kappa shape index (κ2) is 4.57. The van der Waals surface area contributed by atoms with Crippen molar-refractivity contribution < 1.29 is 0 Å². The quantitative estimate of drug-likeness (QED) is 0.842. The molecule has 0 aliphatic heterocycles. The Balaban J connectivity index is 1.94. The number of nitrogens with one attached hydrogen (secondary N) is 1. The van der Waals surface area contributed by atoms with E-state index in [2.05, 4.69) is 26.5 Å². The summed E-state index contributed by atoms with van der Waals surface area (Å²) in [5, 5.41) is 16.7. The third-order valence-electron chi connectivity index (χ3n) is 3.05. The van der Waals surface area contributed by atoms with E-state index < -0.39 is 0 Å². The van der Waals surface area contributed by atoms with E-state index in [9.17, 15) is 5.26 Å². The number of rotatable bonds is 4. The molecule has 0 bridgehead atoms. The van der Waals surface area contributed by atoms with Crippen molar-refractivity contribution in [3.05, 3.63) is 24.2 Å². The van der Waals surface area contributed by atoms with Crippen molar-refractivity contribution in [1.82, 2.24) is 19.7 Å². The molecule has 2 heterocycles. The van der Waals surface area contributed by atoms with Crippen LogP contribution in [0.5, 0.6) is 0 Å². The molecule has 96 valence electrons. The lowest BCUT2D eigenvalue weighted by Crippen LogP contribution is -2.06. The Kier molecular flexibility index (Phi) is 2.76. The molecule has 1 saturated carbocycles. The Morgan fingerprint density at radius 3 is 2.95 bits per heavy atom. The fourth-order valence-corrected chi connectivity index (χ4v) is 1.80. The van der Waals surface area contributed by atoms with Gasteiger partial charge in [0.1, 0.15) is 17.5 Å². The van der Waals surface area contributed by atoms with Crippen molar-refractivity contribution in [1.29, 1.82) is 5.26 Å². The molecule has 3 rings (SSSR count). The molecule has 0 atom stereocenters. The van der Waals surface area contributed by atoms with Crippen molar-refractivity contribution in [2.75, 3.05) is 17.6 Å². The number of nitrogens with two attached hydrogens (primary N) is 1. The average Bonchev–Trinajstić information content (AvgIpc) is 3.21. The Morgan fingerprint density at radius 2 is 2.32 bits per heavy atom. The van der Waals surface area contributed by atoms with Crippen LogP contribution in [0.4, 0.5) is 11.6 Å². The van der Waals surface area contributed by atoms with Crippen LogP contribution in [0, 0.1) is 17.2 Å². The van der Waals surface area contributed by atoms with Crippen molar-refractivity contribution in [3.8, 4) is 11.9 Å². The molecular weight excluding hydrogens is 242 g/mol. The first kappa shape index (κ1) is 11.5. The minimum atomic E-state index is 0.279. The normalized spacial score (nSPS) is 14.1. The molecule has 0 spiro atoms. The smallest absolute Gasteiger partial charge is 0.174 e. The second-order valence-electron chi connectivity index (χ2n) is 4.52. The number of nitrogen functional groups attached to an aromatic ring is 1. The third kappa shape index (κ3) is 2.20. The summed E-state index contributed by atoms with van der Waals surface area (Å²) in [6, 6.07) is 2.08. The summed E-state index contributed by atoms with van der Waals surface area (Å²) in [5.41, 5.74) is 6.29. The highest BCUT2D eigenvalue weighted by molar-refractivity contribution is 5.65. The Hall–Kier alpha value is -2.62. The van der Waals surface area contributed by atoms with Gasteiger partial charge < -0.3 is 11.1 Å². The van der Waals surface area contributed by atoms with Gasteiger partial charge in [-0.2, -0.15) is 9.94 Å². The molecule has 2 aromatic heterocycles. The van der Waals surface area contributed by atoms with E-state index in [0.717, 1.165) is 6.54 Å². The van der Waals surface area contributed by atoms with Crippen LogP contribution < -0.4 is 11.1 Å². The maximum Gasteiger partial charge on any atom is 0.174 e. The van der Waals surface area contributed by atoms with E-state index in [1.54, 1.807) is 18.6 Å². The highest BCUT2D eigenvalue weighted by Gasteiger charge is 2.23. The zero-order chi connectivity index (χ0) is 13.2. The van der Waals surface area contributed by atoms with Crippen molar-refractivity contribution in [2.45, 2.75) is 12.8 Å². The predicted molar refractivity (Wildman–Crippen MR) is 69.5 cm³/mol. The lowest BCUT2D eigenvalue weighted by Gasteiger charge is -2.01. The van der Waals surface area contributed by atoms with Crippen molar-refractivity contribution in [3.63, 3.8) is 0 Å². The van der Waals surface area contributed by atoms with Crippen LogP contribution in [0.1, 0.15) is 18.4 Å². The summed E-state index contributed by atoms with van der Waals surface area (Å²) in [6.45, 7) is 0.825. The Labute approximate surface area is 110 Å². The predicted octanol–water partition coefficient (Wildman–Crippen LogP) is 0.938. The largest absolute Gasteiger partial charge is 0.382 e. The topological polar surface area (TPSA) is 105 Å². The maximum atomic E-state index is 9.18. The van der Waals surface area contributed by atoms with Gasteiger partial charge in [0.05, 0.1) is 6.20 Å². The molecule has 0 radical (unpaired) electrons. The summed E-state index contributed by atoms with van der Waals surface area (Å²) in [4.78, 5) is 8.10. The van der Waals surface area contributed by atoms with Crippen LogP contribution in [0.15, 0.2) is 18.6 Å². The van der Waals surface area contributed by atoms with E-state index >= 15 is 0 Å². The van der Waals surface area contributed by atoms with Crippen molar-refractivity contribution >= 4 is 11.6 Å². The zero-order valence-electron chi connectivity index (χ0n) is 10.2. The van der Waals surface area contributed by atoms with Gasteiger partial charge in [-0.05, 0) is 18.8 Å². The molecule has 19 heavy (non-hydrogen) atoms. The third-order valence-corrected chi connectivity index (χ3v) is 3.05.